The molecular weight excluding hydrogens is 301 g/mol. The summed E-state index contributed by atoms with van der Waals surface area (Å²) >= 11 is 11.8. The minimum atomic E-state index is -0.211. The van der Waals surface area contributed by atoms with Gasteiger partial charge < -0.3 is 20.7 Å². The Morgan fingerprint density at radius 2 is 2.10 bits per heavy atom. The number of nitrogens with one attached hydrogen (secondary N) is 1. The molecule has 0 aromatic heterocycles. The molecule has 0 saturated carbocycles. The van der Waals surface area contributed by atoms with Gasteiger partial charge in [-0.3, -0.25) is 0 Å². The van der Waals surface area contributed by atoms with Crippen LogP contribution < -0.4 is 11.1 Å². The zero-order valence-electron chi connectivity index (χ0n) is 11.1. The number of hydrogen-bond donors (Lipinski definition) is 2. The monoisotopic (exact) mass is 317 g/mol. The molecule has 2 atom stereocenters. The molecule has 0 bridgehead atoms. The highest BCUT2D eigenvalue weighted by Crippen LogP contribution is 2.23. The van der Waals surface area contributed by atoms with E-state index in [9.17, 15) is 4.79 Å². The minimum Gasteiger partial charge on any atom is -0.373 e. The Hall–Kier alpha value is -1.01. The molecule has 7 heteroatoms. The van der Waals surface area contributed by atoms with Gasteiger partial charge in [-0.15, -0.1) is 0 Å². The average Bonchev–Trinajstić information content (AvgIpc) is 2.37. The lowest BCUT2D eigenvalue weighted by molar-refractivity contribution is -0.0220. The fraction of sp³-hybridized carbons (Fsp3) is 0.462. The van der Waals surface area contributed by atoms with Crippen LogP contribution in [0.1, 0.15) is 6.92 Å². The lowest BCUT2D eigenvalue weighted by Gasteiger charge is -2.34. The summed E-state index contributed by atoms with van der Waals surface area (Å²) in [4.78, 5) is 13.9. The third-order valence-corrected chi connectivity index (χ3v) is 3.52. The molecule has 2 amide bonds. The summed E-state index contributed by atoms with van der Waals surface area (Å²) in [5.74, 6) is 0. The van der Waals surface area contributed by atoms with E-state index in [1.54, 1.807) is 23.1 Å². The predicted molar refractivity (Wildman–Crippen MR) is 80.4 cm³/mol. The minimum absolute atomic E-state index is 0.119. The van der Waals surface area contributed by atoms with Gasteiger partial charge in [-0.2, -0.15) is 0 Å². The molecule has 1 aromatic carbocycles. The van der Waals surface area contributed by atoms with Crippen molar-refractivity contribution < 1.29 is 9.53 Å². The van der Waals surface area contributed by atoms with Gasteiger partial charge in [-0.05, 0) is 25.1 Å². The molecule has 0 radical (unpaired) electrons. The van der Waals surface area contributed by atoms with Gasteiger partial charge in [0.25, 0.3) is 0 Å². The van der Waals surface area contributed by atoms with Crippen molar-refractivity contribution >= 4 is 34.9 Å². The third-order valence-electron chi connectivity index (χ3n) is 3.08. The van der Waals surface area contributed by atoms with Crippen LogP contribution in [0.15, 0.2) is 18.2 Å². The fourth-order valence-electron chi connectivity index (χ4n) is 2.01. The smallest absolute Gasteiger partial charge is 0.322 e. The van der Waals surface area contributed by atoms with E-state index in [1.165, 1.54) is 0 Å². The van der Waals surface area contributed by atoms with Crippen LogP contribution in [0.4, 0.5) is 10.5 Å². The van der Waals surface area contributed by atoms with Gasteiger partial charge in [0.15, 0.2) is 0 Å². The summed E-state index contributed by atoms with van der Waals surface area (Å²) in [6.45, 7) is 3.35. The lowest BCUT2D eigenvalue weighted by atomic mass is 10.1. The largest absolute Gasteiger partial charge is 0.373 e. The molecule has 1 aliphatic rings. The van der Waals surface area contributed by atoms with E-state index >= 15 is 0 Å². The van der Waals surface area contributed by atoms with E-state index in [-0.39, 0.29) is 18.2 Å². The van der Waals surface area contributed by atoms with Gasteiger partial charge >= 0.3 is 6.03 Å². The second-order valence-electron chi connectivity index (χ2n) is 4.80. The van der Waals surface area contributed by atoms with Gasteiger partial charge in [0.1, 0.15) is 0 Å². The van der Waals surface area contributed by atoms with Gasteiger partial charge in [0.2, 0.25) is 0 Å². The zero-order valence-corrected chi connectivity index (χ0v) is 12.6. The Morgan fingerprint density at radius 1 is 1.45 bits per heavy atom. The first kappa shape index (κ1) is 15.4. The summed E-state index contributed by atoms with van der Waals surface area (Å²) in [6.07, 6.45) is -0.141. The number of ether oxygens (including phenoxy) is 1. The van der Waals surface area contributed by atoms with Crippen molar-refractivity contribution in [3.8, 4) is 0 Å². The zero-order chi connectivity index (χ0) is 14.7. The third kappa shape index (κ3) is 3.99. The molecule has 5 nitrogen and oxygen atoms in total. The lowest BCUT2D eigenvalue weighted by Crippen LogP contribution is -2.52. The Labute approximate surface area is 128 Å². The van der Waals surface area contributed by atoms with Crippen LogP contribution in [0, 0.1) is 0 Å². The van der Waals surface area contributed by atoms with Crippen LogP contribution in [0.5, 0.6) is 0 Å². The van der Waals surface area contributed by atoms with Crippen molar-refractivity contribution in [1.29, 1.82) is 0 Å². The van der Waals surface area contributed by atoms with Gasteiger partial charge in [0.05, 0.1) is 19.3 Å². The summed E-state index contributed by atoms with van der Waals surface area (Å²) < 4.78 is 5.52. The molecule has 2 rings (SSSR count). The first-order valence-corrected chi connectivity index (χ1v) is 7.10. The number of carbonyl (C=O) groups excluding carboxylic acids is 1. The summed E-state index contributed by atoms with van der Waals surface area (Å²) in [7, 11) is 0. The summed E-state index contributed by atoms with van der Waals surface area (Å²) in [5.41, 5.74) is 6.37. The normalized spacial score (nSPS) is 20.6. The number of benzene rings is 1. The molecule has 1 fully saturated rings. The van der Waals surface area contributed by atoms with Crippen molar-refractivity contribution in [2.45, 2.75) is 19.1 Å². The number of nitrogens with two attached hydrogens (primary N) is 1. The molecule has 1 saturated heterocycles. The first-order valence-electron chi connectivity index (χ1n) is 6.35. The number of anilines is 1. The standard InChI is InChI=1S/C13H17Cl2N3O2/c1-8(16)12-7-18(2-3-20-12)13(19)17-11-5-9(14)4-10(15)6-11/h4-6,8,12H,2-3,7,16H2,1H3,(H,17,19). The van der Waals surface area contributed by atoms with Gasteiger partial charge in [0, 0.05) is 28.3 Å². The Kier molecular flexibility index (Phi) is 5.10. The van der Waals surface area contributed by atoms with E-state index in [0.29, 0.717) is 35.4 Å². The van der Waals surface area contributed by atoms with Crippen LogP contribution in [0.25, 0.3) is 0 Å². The summed E-state index contributed by atoms with van der Waals surface area (Å²) in [6, 6.07) is 4.58. The molecule has 1 aliphatic heterocycles. The Bertz CT molecular complexity index is 476. The van der Waals surface area contributed by atoms with Crippen LogP contribution in [0.2, 0.25) is 10.0 Å². The highest BCUT2D eigenvalue weighted by molar-refractivity contribution is 6.35. The predicted octanol–water partition coefficient (Wildman–Crippen LogP) is 2.57. The molecule has 2 unspecified atom stereocenters. The number of hydrogen-bond acceptors (Lipinski definition) is 3. The highest BCUT2D eigenvalue weighted by atomic mass is 35.5. The number of rotatable bonds is 2. The molecule has 110 valence electrons. The number of carbonyl (C=O) groups is 1. The molecule has 0 spiro atoms. The topological polar surface area (TPSA) is 67.6 Å². The quantitative estimate of drug-likeness (QED) is 0.881. The van der Waals surface area contributed by atoms with Crippen molar-refractivity contribution in [1.82, 2.24) is 4.90 Å². The first-order chi connectivity index (χ1) is 9.45. The summed E-state index contributed by atoms with van der Waals surface area (Å²) in [5, 5.41) is 3.72. The van der Waals surface area contributed by atoms with Crippen LogP contribution in [-0.2, 0) is 4.74 Å². The SMILES string of the molecule is CC(N)C1CN(C(=O)Nc2cc(Cl)cc(Cl)c2)CCO1. The van der Waals surface area contributed by atoms with Crippen molar-refractivity contribution in [2.24, 2.45) is 5.73 Å². The average molecular weight is 318 g/mol. The van der Waals surface area contributed by atoms with Crippen LogP contribution in [0.3, 0.4) is 0 Å². The second kappa shape index (κ2) is 6.63. The van der Waals surface area contributed by atoms with Gasteiger partial charge in [-0.25, -0.2) is 4.79 Å². The van der Waals surface area contributed by atoms with E-state index < -0.39 is 0 Å². The number of nitrogens with zero attached hydrogens (tertiary/aromatic N) is 1. The number of halogens is 2. The molecule has 20 heavy (non-hydrogen) atoms. The Morgan fingerprint density at radius 3 is 2.70 bits per heavy atom. The second-order valence-corrected chi connectivity index (χ2v) is 5.68. The number of morpholine rings is 1. The maximum Gasteiger partial charge on any atom is 0.322 e. The maximum absolute atomic E-state index is 12.2. The van der Waals surface area contributed by atoms with Crippen molar-refractivity contribution in [3.05, 3.63) is 28.2 Å². The van der Waals surface area contributed by atoms with E-state index in [2.05, 4.69) is 5.32 Å². The van der Waals surface area contributed by atoms with E-state index in [4.69, 9.17) is 33.7 Å². The van der Waals surface area contributed by atoms with Crippen molar-refractivity contribution in [2.75, 3.05) is 25.0 Å². The Balaban J connectivity index is 2.00. The van der Waals surface area contributed by atoms with Crippen LogP contribution >= 0.6 is 23.2 Å². The molecule has 1 heterocycles. The molecule has 3 N–H and O–H groups in total. The molecular formula is C13H17Cl2N3O2. The van der Waals surface area contributed by atoms with Crippen LogP contribution in [-0.4, -0.2) is 42.8 Å². The molecule has 0 aliphatic carbocycles. The highest BCUT2D eigenvalue weighted by Gasteiger charge is 2.26. The van der Waals surface area contributed by atoms with E-state index in [0.717, 1.165) is 0 Å². The number of urea groups is 1. The maximum atomic E-state index is 12.2. The molecule has 1 aromatic rings. The fourth-order valence-corrected chi connectivity index (χ4v) is 2.53. The van der Waals surface area contributed by atoms with Crippen molar-refractivity contribution in [3.63, 3.8) is 0 Å². The number of amides is 2. The van der Waals surface area contributed by atoms with Gasteiger partial charge in [-0.1, -0.05) is 23.2 Å². The van der Waals surface area contributed by atoms with E-state index in [1.807, 2.05) is 6.92 Å².